The van der Waals surface area contributed by atoms with Gasteiger partial charge in [0.05, 0.1) is 11.3 Å². The fourth-order valence-corrected chi connectivity index (χ4v) is 2.63. The minimum atomic E-state index is -0.0248. The van der Waals surface area contributed by atoms with Gasteiger partial charge in [0.2, 0.25) is 0 Å². The van der Waals surface area contributed by atoms with Gasteiger partial charge in [-0.25, -0.2) is 4.98 Å². The fourth-order valence-electron chi connectivity index (χ4n) is 1.62. The Balaban J connectivity index is 2.22. The van der Waals surface area contributed by atoms with E-state index in [-0.39, 0.29) is 5.84 Å². The van der Waals surface area contributed by atoms with E-state index in [4.69, 9.17) is 27.3 Å². The first-order valence-corrected chi connectivity index (χ1v) is 7.04. The fraction of sp³-hybridized carbons (Fsp3) is 0.231. The molecule has 1 aromatic carbocycles. The van der Waals surface area contributed by atoms with E-state index in [2.05, 4.69) is 10.1 Å². The van der Waals surface area contributed by atoms with E-state index in [1.165, 1.54) is 0 Å². The maximum atomic E-state index is 8.77. The smallest absolute Gasteiger partial charge is 0.173 e. The molecule has 0 amide bonds. The molecule has 0 fully saturated rings. The number of nitrogens with two attached hydrogens (primary N) is 1. The minimum absolute atomic E-state index is 0.0248. The van der Waals surface area contributed by atoms with E-state index in [1.54, 1.807) is 29.5 Å². The average molecular weight is 312 g/mol. The number of rotatable bonds is 4. The summed E-state index contributed by atoms with van der Waals surface area (Å²) >= 11 is 7.52. The Morgan fingerprint density at radius 3 is 2.85 bits per heavy atom. The summed E-state index contributed by atoms with van der Waals surface area (Å²) in [5.74, 6) is 0.432. The summed E-state index contributed by atoms with van der Waals surface area (Å²) in [7, 11) is 0. The van der Waals surface area contributed by atoms with Gasteiger partial charge in [-0.15, -0.1) is 11.3 Å². The lowest BCUT2D eigenvalue weighted by molar-refractivity contribution is 0.302. The van der Waals surface area contributed by atoms with Crippen molar-refractivity contribution in [2.75, 3.05) is 0 Å². The van der Waals surface area contributed by atoms with Gasteiger partial charge >= 0.3 is 0 Å². The van der Waals surface area contributed by atoms with Crippen molar-refractivity contribution in [2.45, 2.75) is 20.5 Å². The lowest BCUT2D eigenvalue weighted by Gasteiger charge is -2.09. The monoisotopic (exact) mass is 311 g/mol. The van der Waals surface area contributed by atoms with Crippen LogP contribution >= 0.6 is 22.9 Å². The Morgan fingerprint density at radius 2 is 2.25 bits per heavy atom. The van der Waals surface area contributed by atoms with Crippen LogP contribution in [0.25, 0.3) is 0 Å². The SMILES string of the molecule is Cc1nc(COc2cc(Cl)ccc2/C(N)=N/O)sc1C. The van der Waals surface area contributed by atoms with Crippen molar-refractivity contribution in [3.05, 3.63) is 44.4 Å². The average Bonchev–Trinajstić information content (AvgIpc) is 2.75. The van der Waals surface area contributed by atoms with Crippen molar-refractivity contribution in [3.8, 4) is 5.75 Å². The highest BCUT2D eigenvalue weighted by atomic mass is 35.5. The van der Waals surface area contributed by atoms with Crippen molar-refractivity contribution >= 4 is 28.8 Å². The summed E-state index contributed by atoms with van der Waals surface area (Å²) in [4.78, 5) is 5.55. The van der Waals surface area contributed by atoms with Crippen LogP contribution in [0.5, 0.6) is 5.75 Å². The van der Waals surface area contributed by atoms with E-state index in [9.17, 15) is 0 Å². The lowest BCUT2D eigenvalue weighted by Crippen LogP contribution is -2.14. The van der Waals surface area contributed by atoms with Gasteiger partial charge in [-0.2, -0.15) is 0 Å². The second-order valence-electron chi connectivity index (χ2n) is 4.16. The van der Waals surface area contributed by atoms with Crippen LogP contribution < -0.4 is 10.5 Å². The van der Waals surface area contributed by atoms with Crippen molar-refractivity contribution < 1.29 is 9.94 Å². The summed E-state index contributed by atoms with van der Waals surface area (Å²) in [6.07, 6.45) is 0. The summed E-state index contributed by atoms with van der Waals surface area (Å²) in [6.45, 7) is 4.28. The van der Waals surface area contributed by atoms with Crippen LogP contribution in [0, 0.1) is 13.8 Å². The molecule has 0 aliphatic heterocycles. The largest absolute Gasteiger partial charge is 0.486 e. The van der Waals surface area contributed by atoms with Gasteiger partial charge in [0.25, 0.3) is 0 Å². The van der Waals surface area contributed by atoms with Crippen LogP contribution in [-0.2, 0) is 6.61 Å². The third-order valence-corrected chi connectivity index (χ3v) is 4.03. The molecule has 0 spiro atoms. The molecule has 0 radical (unpaired) electrons. The normalized spacial score (nSPS) is 11.7. The molecule has 1 aromatic heterocycles. The highest BCUT2D eigenvalue weighted by Crippen LogP contribution is 2.25. The van der Waals surface area contributed by atoms with Gasteiger partial charge in [-0.05, 0) is 32.0 Å². The summed E-state index contributed by atoms with van der Waals surface area (Å²) in [5, 5.41) is 13.1. The molecule has 0 unspecified atom stereocenters. The molecule has 20 heavy (non-hydrogen) atoms. The molecule has 2 rings (SSSR count). The quantitative estimate of drug-likeness (QED) is 0.393. The van der Waals surface area contributed by atoms with Crippen LogP contribution in [-0.4, -0.2) is 16.0 Å². The number of nitrogens with zero attached hydrogens (tertiary/aromatic N) is 2. The highest BCUT2D eigenvalue weighted by molar-refractivity contribution is 7.11. The molecule has 0 aliphatic rings. The first kappa shape index (κ1) is 14.6. The van der Waals surface area contributed by atoms with Crippen molar-refractivity contribution in [1.29, 1.82) is 0 Å². The topological polar surface area (TPSA) is 80.7 Å². The molecular weight excluding hydrogens is 298 g/mol. The summed E-state index contributed by atoms with van der Waals surface area (Å²) in [6, 6.07) is 4.92. The van der Waals surface area contributed by atoms with Crippen molar-refractivity contribution in [1.82, 2.24) is 4.98 Å². The van der Waals surface area contributed by atoms with E-state index in [0.29, 0.717) is 22.9 Å². The van der Waals surface area contributed by atoms with Crippen LogP contribution in [0.3, 0.4) is 0 Å². The molecule has 3 N–H and O–H groups in total. The third-order valence-electron chi connectivity index (χ3n) is 2.75. The Hall–Kier alpha value is -1.79. The zero-order valence-corrected chi connectivity index (χ0v) is 12.6. The molecule has 106 valence electrons. The predicted molar refractivity (Wildman–Crippen MR) is 79.9 cm³/mol. The maximum Gasteiger partial charge on any atom is 0.173 e. The molecule has 0 saturated carbocycles. The predicted octanol–water partition coefficient (Wildman–Crippen LogP) is 3.09. The molecule has 0 saturated heterocycles. The van der Waals surface area contributed by atoms with Crippen molar-refractivity contribution in [2.24, 2.45) is 10.9 Å². The molecule has 2 aromatic rings. The number of amidine groups is 1. The van der Waals surface area contributed by atoms with Crippen LogP contribution in [0.1, 0.15) is 21.1 Å². The molecule has 5 nitrogen and oxygen atoms in total. The van der Waals surface area contributed by atoms with Gasteiger partial charge < -0.3 is 15.7 Å². The highest BCUT2D eigenvalue weighted by Gasteiger charge is 2.11. The second-order valence-corrected chi connectivity index (χ2v) is 5.89. The number of thiazole rings is 1. The van der Waals surface area contributed by atoms with Gasteiger partial charge in [0.15, 0.2) is 5.84 Å². The molecule has 0 bridgehead atoms. The standard InChI is InChI=1S/C13H14ClN3O2S/c1-7-8(2)20-12(16-7)6-19-11-5-9(14)3-4-10(11)13(15)17-18/h3-5,18H,6H2,1-2H3,(H2,15,17). The van der Waals surface area contributed by atoms with E-state index < -0.39 is 0 Å². The molecule has 0 atom stereocenters. The molecule has 7 heteroatoms. The molecular formula is C13H14ClN3O2S. The number of benzene rings is 1. The number of hydrogen-bond donors (Lipinski definition) is 2. The van der Waals surface area contributed by atoms with Crippen LogP contribution in [0.15, 0.2) is 23.4 Å². The van der Waals surface area contributed by atoms with E-state index >= 15 is 0 Å². The number of hydrogen-bond acceptors (Lipinski definition) is 5. The van der Waals surface area contributed by atoms with E-state index in [0.717, 1.165) is 15.6 Å². The molecule has 1 heterocycles. The maximum absolute atomic E-state index is 8.77. The summed E-state index contributed by atoms with van der Waals surface area (Å²) < 4.78 is 5.69. The summed E-state index contributed by atoms with van der Waals surface area (Å²) in [5.41, 5.74) is 7.09. The van der Waals surface area contributed by atoms with Crippen LogP contribution in [0.2, 0.25) is 5.02 Å². The number of halogens is 1. The van der Waals surface area contributed by atoms with Gasteiger partial charge in [-0.1, -0.05) is 16.8 Å². The second kappa shape index (κ2) is 6.11. The van der Waals surface area contributed by atoms with E-state index in [1.807, 2.05) is 13.8 Å². The van der Waals surface area contributed by atoms with Crippen molar-refractivity contribution in [3.63, 3.8) is 0 Å². The first-order chi connectivity index (χ1) is 9.51. The van der Waals surface area contributed by atoms with Gasteiger partial charge in [0.1, 0.15) is 17.4 Å². The minimum Gasteiger partial charge on any atom is -0.486 e. The Labute approximate surface area is 125 Å². The molecule has 0 aliphatic carbocycles. The lowest BCUT2D eigenvalue weighted by atomic mass is 10.2. The Kier molecular flexibility index (Phi) is 4.46. The number of oxime groups is 1. The van der Waals surface area contributed by atoms with Gasteiger partial charge in [-0.3, -0.25) is 0 Å². The number of ether oxygens (including phenoxy) is 1. The zero-order valence-electron chi connectivity index (χ0n) is 11.1. The number of aromatic nitrogens is 1. The Bertz CT molecular complexity index is 636. The zero-order chi connectivity index (χ0) is 14.7. The first-order valence-electron chi connectivity index (χ1n) is 5.84. The third kappa shape index (κ3) is 3.20. The number of aryl methyl sites for hydroxylation is 2. The Morgan fingerprint density at radius 1 is 1.50 bits per heavy atom. The van der Waals surface area contributed by atoms with Crippen LogP contribution in [0.4, 0.5) is 0 Å². The van der Waals surface area contributed by atoms with Gasteiger partial charge in [0, 0.05) is 9.90 Å².